The summed E-state index contributed by atoms with van der Waals surface area (Å²) in [4.78, 5) is 30.0. The molecule has 0 aromatic carbocycles. The van der Waals surface area contributed by atoms with Crippen LogP contribution in [0, 0.1) is 0 Å². The molecule has 1 saturated heterocycles. The van der Waals surface area contributed by atoms with Crippen molar-refractivity contribution in [1.29, 1.82) is 0 Å². The Hall–Kier alpha value is 0.173. The van der Waals surface area contributed by atoms with E-state index in [1.54, 1.807) is 0 Å². The van der Waals surface area contributed by atoms with Gasteiger partial charge >= 0.3 is 60.0 Å². The molecule has 0 aromatic rings. The zero-order valence-electron chi connectivity index (χ0n) is 7.30. The van der Waals surface area contributed by atoms with Gasteiger partial charge < -0.3 is 4.74 Å². The third-order valence-electron chi connectivity index (χ3n) is 1.31. The minimum atomic E-state index is -4.71. The van der Waals surface area contributed by atoms with Crippen molar-refractivity contribution in [3.05, 3.63) is 0 Å². The third kappa shape index (κ3) is 5.15. The van der Waals surface area contributed by atoms with Gasteiger partial charge in [0.1, 0.15) is 0 Å². The molecular weight excluding hydrogens is 320 g/mol. The first-order valence-electron chi connectivity index (χ1n) is 3.66. The monoisotopic (exact) mass is 331 g/mol. The number of hydrogen-bond donors (Lipinski definition) is 0. The van der Waals surface area contributed by atoms with Crippen LogP contribution in [0.4, 0.5) is 0 Å². The van der Waals surface area contributed by atoms with Crippen molar-refractivity contribution in [2.75, 3.05) is 13.2 Å². The van der Waals surface area contributed by atoms with Crippen LogP contribution in [-0.4, -0.2) is 27.9 Å². The second-order valence-electron chi connectivity index (χ2n) is 2.44. The quantitative estimate of drug-likeness (QED) is 0.579. The van der Waals surface area contributed by atoms with Gasteiger partial charge in [-0.25, -0.2) is 0 Å². The average Bonchev–Trinajstić information content (AvgIpc) is 2.77. The fraction of sp³-hybridized carbons (Fsp3) is 0.571. The predicted molar refractivity (Wildman–Crippen MR) is 52.0 cm³/mol. The van der Waals surface area contributed by atoms with Gasteiger partial charge in [0.2, 0.25) is 0 Å². The summed E-state index contributed by atoms with van der Waals surface area (Å²) in [5, 5.41) is 0. The first-order valence-corrected chi connectivity index (χ1v) is 11.2. The topological polar surface area (TPSA) is 60.4 Å². The van der Waals surface area contributed by atoms with Crippen molar-refractivity contribution in [3.63, 3.8) is 0 Å². The molecule has 0 saturated carbocycles. The maximum atomic E-state index is 9.96. The molecule has 1 aliphatic rings. The van der Waals surface area contributed by atoms with Gasteiger partial charge in [0.25, 0.3) is 0 Å². The summed E-state index contributed by atoms with van der Waals surface area (Å²) < 4.78 is 4.94. The van der Waals surface area contributed by atoms with Gasteiger partial charge in [0.15, 0.2) is 0 Å². The van der Waals surface area contributed by atoms with Crippen molar-refractivity contribution in [1.82, 2.24) is 0 Å². The van der Waals surface area contributed by atoms with E-state index in [0.29, 0.717) is 0 Å². The van der Waals surface area contributed by atoms with Gasteiger partial charge in [-0.15, -0.1) is 0 Å². The molecule has 0 amide bonds. The first kappa shape index (κ1) is 14.2. The van der Waals surface area contributed by atoms with E-state index in [4.69, 9.17) is 24.1 Å². The molecule has 4 nitrogen and oxygen atoms in total. The molecule has 1 rings (SSSR count). The van der Waals surface area contributed by atoms with Crippen molar-refractivity contribution in [2.24, 2.45) is 0 Å². The van der Waals surface area contributed by atoms with Gasteiger partial charge in [-0.1, -0.05) is 0 Å². The second-order valence-corrected chi connectivity index (χ2v) is 15.8. The van der Waals surface area contributed by atoms with E-state index in [1.807, 2.05) is 0 Å². The zero-order chi connectivity index (χ0) is 11.1. The van der Waals surface area contributed by atoms with Crippen LogP contribution < -0.4 is 0 Å². The molecule has 14 heavy (non-hydrogen) atoms. The van der Waals surface area contributed by atoms with Crippen LogP contribution in [0.25, 0.3) is 0 Å². The van der Waals surface area contributed by atoms with Crippen LogP contribution in [0.5, 0.6) is 0 Å². The number of ether oxygens (including phenoxy) is 1. The molecule has 0 aliphatic carbocycles. The van der Waals surface area contributed by atoms with E-state index < -0.39 is 11.6 Å². The van der Waals surface area contributed by atoms with E-state index in [0.717, 1.165) is 13.2 Å². The number of carbonyl (C=O) groups is 3. The zero-order valence-corrected chi connectivity index (χ0v) is 10.6. The predicted octanol–water partition coefficient (Wildman–Crippen LogP) is 1.35. The summed E-state index contributed by atoms with van der Waals surface area (Å²) in [6.45, 7) is 2.00. The van der Waals surface area contributed by atoms with E-state index in [2.05, 4.69) is 0 Å². The summed E-state index contributed by atoms with van der Waals surface area (Å²) >= 11 is -4.71. The van der Waals surface area contributed by atoms with Crippen LogP contribution >= 0.6 is 19.4 Å². The summed E-state index contributed by atoms with van der Waals surface area (Å²) in [5.74, 6) is 0. The minimum absolute atomic E-state index is 0.0419. The molecule has 0 spiro atoms. The summed E-state index contributed by atoms with van der Waals surface area (Å²) in [6.07, 6.45) is 2.56. The van der Waals surface area contributed by atoms with Gasteiger partial charge in [-0.2, -0.15) is 0 Å². The van der Waals surface area contributed by atoms with Crippen LogP contribution in [-0.2, 0) is 30.7 Å². The number of rotatable bonds is 3. The normalized spacial score (nSPS) is 18.3. The molecule has 1 fully saturated rings. The Bertz CT molecular complexity index is 192. The van der Waals surface area contributed by atoms with Crippen LogP contribution in [0.15, 0.2) is 0 Å². The van der Waals surface area contributed by atoms with Gasteiger partial charge in [0.05, 0.1) is 0 Å². The second kappa shape index (κ2) is 5.91. The Kier molecular flexibility index (Phi) is 5.98. The van der Waals surface area contributed by atoms with Crippen molar-refractivity contribution in [2.45, 2.75) is 12.8 Å². The van der Waals surface area contributed by atoms with Crippen molar-refractivity contribution in [3.8, 4) is 0 Å². The number of carbonyl (C=O) groups excluding carboxylic acids is 3. The molecule has 0 unspecified atom stereocenters. The van der Waals surface area contributed by atoms with Gasteiger partial charge in [0, 0.05) is 13.2 Å². The summed E-state index contributed by atoms with van der Waals surface area (Å²) in [7, 11) is 10.4. The molecule has 0 aromatic heterocycles. The number of halogens is 2. The van der Waals surface area contributed by atoms with E-state index in [1.165, 1.54) is 12.8 Å². The molecule has 0 bridgehead atoms. The standard InChI is InChI=1S/C4H8O.3CHO.2ClH.Ru/c1-2-4-5-3-1;3*1-2;;;/h1-4H2;3*1H;2*1H;/q;;;;;;+2/p-2. The van der Waals surface area contributed by atoms with E-state index in [9.17, 15) is 14.4 Å². The first-order chi connectivity index (χ1) is 6.46. The van der Waals surface area contributed by atoms with Crippen molar-refractivity contribution < 1.29 is 30.7 Å². The average molecular weight is 331 g/mol. The molecule has 1 heterocycles. The molecule has 0 atom stereocenters. The van der Waals surface area contributed by atoms with Crippen molar-refractivity contribution >= 4 is 34.0 Å². The Balaban J connectivity index is 0.000000280. The van der Waals surface area contributed by atoms with Crippen LogP contribution in [0.3, 0.4) is 0 Å². The Morgan fingerprint density at radius 2 is 1.29 bits per heavy atom. The maximum absolute atomic E-state index is 9.96. The molecule has 0 radical (unpaired) electrons. The van der Waals surface area contributed by atoms with E-state index in [-0.39, 0.29) is 14.6 Å². The summed E-state index contributed by atoms with van der Waals surface area (Å²) in [6, 6.07) is 0. The van der Waals surface area contributed by atoms with Crippen LogP contribution in [0.1, 0.15) is 12.8 Å². The SMILES string of the molecule is C1CCOC1.O=[CH][Ru]([Cl])([Cl])([CH]=O)[CH]=O. The fourth-order valence-corrected chi connectivity index (χ4v) is 0.859. The van der Waals surface area contributed by atoms with Gasteiger partial charge in [-0.05, 0) is 12.8 Å². The number of hydrogen-bond acceptors (Lipinski definition) is 4. The molecular formula is C7H11Cl2O4Ru. The van der Waals surface area contributed by atoms with E-state index >= 15 is 0 Å². The Morgan fingerprint density at radius 3 is 1.36 bits per heavy atom. The Morgan fingerprint density at radius 1 is 0.929 bits per heavy atom. The third-order valence-corrected chi connectivity index (χ3v) is 5.89. The van der Waals surface area contributed by atoms with Gasteiger partial charge in [-0.3, -0.25) is 0 Å². The van der Waals surface area contributed by atoms with Crippen LogP contribution in [0.2, 0.25) is 0 Å². The molecule has 7 heteroatoms. The molecule has 1 aliphatic heterocycles. The molecule has 0 N–H and O–H groups in total. The Labute approximate surface area is 90.7 Å². The molecule has 85 valence electrons. The fourth-order valence-electron chi connectivity index (χ4n) is 0.569. The summed E-state index contributed by atoms with van der Waals surface area (Å²) in [5.41, 5.74) is 0.